The highest BCUT2D eigenvalue weighted by atomic mass is 16.5. The summed E-state index contributed by atoms with van der Waals surface area (Å²) in [4.78, 5) is 24.1. The van der Waals surface area contributed by atoms with E-state index >= 15 is 0 Å². The lowest BCUT2D eigenvalue weighted by molar-refractivity contribution is -0.137. The van der Waals surface area contributed by atoms with E-state index < -0.39 is 17.4 Å². The van der Waals surface area contributed by atoms with Gasteiger partial charge in [-0.05, 0) is 18.6 Å². The van der Waals surface area contributed by atoms with Crippen LogP contribution in [0.1, 0.15) is 12.5 Å². The molecule has 7 heteroatoms. The molecule has 0 saturated carbocycles. The quantitative estimate of drug-likeness (QED) is 0.789. The monoisotopic (exact) mass is 301 g/mol. The molecule has 2 N–H and O–H groups in total. The number of carbonyl (C=O) groups is 2. The fraction of sp³-hybridized carbons (Fsp3) is 0.267. The van der Waals surface area contributed by atoms with Gasteiger partial charge in [-0.1, -0.05) is 18.2 Å². The summed E-state index contributed by atoms with van der Waals surface area (Å²) in [6, 6.07) is 7.49. The molecule has 114 valence electrons. The summed E-state index contributed by atoms with van der Waals surface area (Å²) in [5.41, 5.74) is 4.22. The van der Waals surface area contributed by atoms with Crippen molar-refractivity contribution in [2.75, 3.05) is 19.5 Å². The largest absolute Gasteiger partial charge is 0.464 e. The van der Waals surface area contributed by atoms with Crippen molar-refractivity contribution >= 4 is 23.3 Å². The molecular weight excluding hydrogens is 286 g/mol. The van der Waals surface area contributed by atoms with Crippen LogP contribution in [-0.2, 0) is 24.5 Å². The number of hydrogen-bond acceptors (Lipinski definition) is 7. The van der Waals surface area contributed by atoms with E-state index in [-0.39, 0.29) is 11.4 Å². The van der Waals surface area contributed by atoms with Crippen LogP contribution >= 0.6 is 0 Å². The molecule has 0 fully saturated rings. The third-order valence-electron chi connectivity index (χ3n) is 4.00. The first-order valence-electron chi connectivity index (χ1n) is 6.66. The maximum atomic E-state index is 12.1. The standard InChI is InChI=1S/C15H15N3O4/c1-15-8-6-4-5-7-9(8)16-11(15)10(13(19)21-2)17-18-12(15)14(20)22-3/h4-7,16-17H,1-3H3/t15-/m0/s1. The van der Waals surface area contributed by atoms with Crippen molar-refractivity contribution in [2.45, 2.75) is 12.3 Å². The number of hydrazone groups is 1. The average Bonchev–Trinajstić information content (AvgIpc) is 2.86. The van der Waals surface area contributed by atoms with Gasteiger partial charge >= 0.3 is 11.9 Å². The van der Waals surface area contributed by atoms with Gasteiger partial charge in [0, 0.05) is 5.69 Å². The number of methoxy groups -OCH3 is 2. The Kier molecular flexibility index (Phi) is 3.13. The molecule has 1 aromatic carbocycles. The van der Waals surface area contributed by atoms with Crippen molar-refractivity contribution < 1.29 is 19.1 Å². The molecule has 0 spiro atoms. The number of benzene rings is 1. The number of carbonyl (C=O) groups excluding carboxylic acids is 2. The SMILES string of the molecule is COC(=O)C1=NNC(C(=O)OC)=C2Nc3ccccc3[C@]12C. The van der Waals surface area contributed by atoms with E-state index in [1.54, 1.807) is 0 Å². The molecule has 1 aromatic rings. The Bertz CT molecular complexity index is 738. The third kappa shape index (κ3) is 1.71. The molecule has 2 heterocycles. The molecule has 1 atom stereocenters. The number of ether oxygens (including phenoxy) is 2. The van der Waals surface area contributed by atoms with Gasteiger partial charge < -0.3 is 14.8 Å². The molecule has 0 aliphatic carbocycles. The third-order valence-corrected chi connectivity index (χ3v) is 4.00. The zero-order chi connectivity index (χ0) is 15.9. The van der Waals surface area contributed by atoms with Crippen molar-refractivity contribution in [1.82, 2.24) is 5.43 Å². The molecule has 2 aliphatic rings. The minimum absolute atomic E-state index is 0.175. The Morgan fingerprint density at radius 1 is 1.14 bits per heavy atom. The van der Waals surface area contributed by atoms with Crippen LogP contribution in [0.2, 0.25) is 0 Å². The summed E-state index contributed by atoms with van der Waals surface area (Å²) in [6.07, 6.45) is 0. The van der Waals surface area contributed by atoms with Gasteiger partial charge in [-0.15, -0.1) is 0 Å². The zero-order valence-corrected chi connectivity index (χ0v) is 12.4. The highest BCUT2D eigenvalue weighted by molar-refractivity contribution is 6.42. The van der Waals surface area contributed by atoms with E-state index in [4.69, 9.17) is 9.47 Å². The number of anilines is 1. The van der Waals surface area contributed by atoms with Crippen LogP contribution < -0.4 is 10.7 Å². The summed E-state index contributed by atoms with van der Waals surface area (Å²) in [6.45, 7) is 1.82. The topological polar surface area (TPSA) is 89.0 Å². The van der Waals surface area contributed by atoms with E-state index in [0.717, 1.165) is 11.3 Å². The first kappa shape index (κ1) is 14.1. The lowest BCUT2D eigenvalue weighted by atomic mass is 9.76. The number of rotatable bonds is 2. The highest BCUT2D eigenvalue weighted by Crippen LogP contribution is 2.46. The van der Waals surface area contributed by atoms with Crippen LogP contribution in [0.4, 0.5) is 5.69 Å². The number of nitrogens with zero attached hydrogens (tertiary/aromatic N) is 1. The molecule has 3 rings (SSSR count). The van der Waals surface area contributed by atoms with Crippen molar-refractivity contribution in [2.24, 2.45) is 5.10 Å². The first-order valence-corrected chi connectivity index (χ1v) is 6.66. The summed E-state index contributed by atoms with van der Waals surface area (Å²) in [7, 11) is 2.58. The van der Waals surface area contributed by atoms with Gasteiger partial charge in [-0.25, -0.2) is 9.59 Å². The van der Waals surface area contributed by atoms with Gasteiger partial charge in [-0.3, -0.25) is 5.43 Å². The number of allylic oxidation sites excluding steroid dienone is 1. The Labute approximate surface area is 127 Å². The normalized spacial score (nSPS) is 21.9. The molecule has 7 nitrogen and oxygen atoms in total. The molecular formula is C15H15N3O4. The van der Waals surface area contributed by atoms with E-state index in [1.807, 2.05) is 31.2 Å². The van der Waals surface area contributed by atoms with E-state index in [9.17, 15) is 9.59 Å². The van der Waals surface area contributed by atoms with Crippen LogP contribution in [0.5, 0.6) is 0 Å². The molecule has 0 amide bonds. The zero-order valence-electron chi connectivity index (χ0n) is 12.4. The summed E-state index contributed by atoms with van der Waals surface area (Å²) in [5, 5.41) is 7.24. The fourth-order valence-corrected chi connectivity index (χ4v) is 2.86. The summed E-state index contributed by atoms with van der Waals surface area (Å²) >= 11 is 0. The number of hydrogen-bond donors (Lipinski definition) is 2. The van der Waals surface area contributed by atoms with Crippen molar-refractivity contribution in [3.05, 3.63) is 41.2 Å². The van der Waals surface area contributed by atoms with Gasteiger partial charge in [0.1, 0.15) is 0 Å². The summed E-state index contributed by atoms with van der Waals surface area (Å²) in [5.74, 6) is -1.12. The summed E-state index contributed by atoms with van der Waals surface area (Å²) < 4.78 is 9.60. The van der Waals surface area contributed by atoms with E-state index in [2.05, 4.69) is 15.8 Å². The predicted molar refractivity (Wildman–Crippen MR) is 79.0 cm³/mol. The molecule has 0 saturated heterocycles. The van der Waals surface area contributed by atoms with Gasteiger partial charge in [0.25, 0.3) is 0 Å². The Morgan fingerprint density at radius 2 is 1.82 bits per heavy atom. The minimum atomic E-state index is -0.904. The predicted octanol–water partition coefficient (Wildman–Crippen LogP) is 0.887. The van der Waals surface area contributed by atoms with E-state index in [0.29, 0.717) is 5.70 Å². The minimum Gasteiger partial charge on any atom is -0.464 e. The van der Waals surface area contributed by atoms with Crippen LogP contribution in [0.25, 0.3) is 0 Å². The molecule has 0 aromatic heterocycles. The van der Waals surface area contributed by atoms with Crippen molar-refractivity contribution in [1.29, 1.82) is 0 Å². The van der Waals surface area contributed by atoms with Gasteiger partial charge in [-0.2, -0.15) is 5.10 Å². The Balaban J connectivity index is 2.24. The molecule has 0 bridgehead atoms. The smallest absolute Gasteiger partial charge is 0.357 e. The van der Waals surface area contributed by atoms with Crippen molar-refractivity contribution in [3.63, 3.8) is 0 Å². The van der Waals surface area contributed by atoms with Gasteiger partial charge in [0.05, 0.1) is 25.3 Å². The maximum Gasteiger partial charge on any atom is 0.357 e. The maximum absolute atomic E-state index is 12.1. The Morgan fingerprint density at radius 3 is 2.50 bits per heavy atom. The number of esters is 2. The lowest BCUT2D eigenvalue weighted by Crippen LogP contribution is -2.46. The van der Waals surface area contributed by atoms with Crippen LogP contribution in [0.15, 0.2) is 40.8 Å². The number of nitrogens with one attached hydrogen (secondary N) is 2. The lowest BCUT2D eigenvalue weighted by Gasteiger charge is -2.31. The second-order valence-electron chi connectivity index (χ2n) is 5.10. The van der Waals surface area contributed by atoms with Crippen molar-refractivity contribution in [3.8, 4) is 0 Å². The van der Waals surface area contributed by atoms with Crippen LogP contribution in [0, 0.1) is 0 Å². The molecule has 0 unspecified atom stereocenters. The fourth-order valence-electron chi connectivity index (χ4n) is 2.86. The van der Waals surface area contributed by atoms with Gasteiger partial charge in [0.15, 0.2) is 11.4 Å². The van der Waals surface area contributed by atoms with Gasteiger partial charge in [0.2, 0.25) is 0 Å². The first-order chi connectivity index (χ1) is 10.5. The van der Waals surface area contributed by atoms with Crippen LogP contribution in [-0.4, -0.2) is 31.9 Å². The molecule has 22 heavy (non-hydrogen) atoms. The average molecular weight is 301 g/mol. The second-order valence-corrected chi connectivity index (χ2v) is 5.10. The molecule has 2 aliphatic heterocycles. The Hall–Kier alpha value is -2.83. The number of para-hydroxylation sites is 1. The van der Waals surface area contributed by atoms with E-state index in [1.165, 1.54) is 14.2 Å². The number of fused-ring (bicyclic) bond motifs is 3. The second kappa shape index (κ2) is 4.87. The van der Waals surface area contributed by atoms with Crippen LogP contribution in [0.3, 0.4) is 0 Å². The molecule has 0 radical (unpaired) electrons. The highest BCUT2D eigenvalue weighted by Gasteiger charge is 2.51.